The van der Waals surface area contributed by atoms with Crippen molar-refractivity contribution in [1.82, 2.24) is 0 Å². The van der Waals surface area contributed by atoms with Crippen LogP contribution in [0.1, 0.15) is 16.4 Å². The van der Waals surface area contributed by atoms with Gasteiger partial charge in [-0.15, -0.1) is 11.8 Å². The van der Waals surface area contributed by atoms with Gasteiger partial charge >= 0.3 is 0 Å². The lowest BCUT2D eigenvalue weighted by molar-refractivity contribution is 0.478. The Morgan fingerprint density at radius 2 is 2.05 bits per heavy atom. The molecule has 1 aliphatic rings. The first-order chi connectivity index (χ1) is 10.3. The van der Waals surface area contributed by atoms with Crippen molar-refractivity contribution in [3.63, 3.8) is 0 Å². The zero-order valence-electron chi connectivity index (χ0n) is 11.8. The molecule has 0 bridgehead atoms. The number of rotatable bonds is 4. The summed E-state index contributed by atoms with van der Waals surface area (Å²) in [5.41, 5.74) is 2.62. The van der Waals surface area contributed by atoms with Crippen LogP contribution in [0, 0.1) is 0 Å². The van der Waals surface area contributed by atoms with Gasteiger partial charge in [0.2, 0.25) is 0 Å². The zero-order valence-corrected chi connectivity index (χ0v) is 15.1. The van der Waals surface area contributed by atoms with Crippen LogP contribution in [0.3, 0.4) is 0 Å². The normalized spacial score (nSPS) is 16.6. The van der Waals surface area contributed by atoms with Crippen molar-refractivity contribution >= 4 is 39.5 Å². The van der Waals surface area contributed by atoms with Crippen molar-refractivity contribution in [2.45, 2.75) is 16.6 Å². The Hall–Kier alpha value is -0.580. The molecule has 3 rings (SSSR count). The van der Waals surface area contributed by atoms with Crippen molar-refractivity contribution in [2.75, 3.05) is 17.3 Å². The van der Waals surface area contributed by atoms with Crippen molar-refractivity contribution in [3.8, 4) is 11.5 Å². The largest absolute Gasteiger partial charge is 0.457 e. The van der Waals surface area contributed by atoms with E-state index in [0.29, 0.717) is 5.25 Å². The fourth-order valence-electron chi connectivity index (χ4n) is 2.53. The summed E-state index contributed by atoms with van der Waals surface area (Å²) in [6.07, 6.45) is 3.15. The van der Waals surface area contributed by atoms with E-state index in [1.54, 1.807) is 11.8 Å². The van der Waals surface area contributed by atoms with Crippen LogP contribution in [0.4, 0.5) is 0 Å². The summed E-state index contributed by atoms with van der Waals surface area (Å²) in [6.45, 7) is 0. The molecule has 0 aliphatic carbocycles. The molecule has 2 aromatic carbocycles. The molecule has 1 heterocycles. The number of thioether (sulfide) groups is 2. The first-order valence-corrected chi connectivity index (χ1v) is 10.3. The lowest BCUT2D eigenvalue weighted by Gasteiger charge is -2.16. The van der Waals surface area contributed by atoms with Gasteiger partial charge in [-0.3, -0.25) is 0 Å². The second-order valence-corrected chi connectivity index (χ2v) is 7.85. The number of para-hydroxylation sites is 1. The maximum atomic E-state index is 6.18. The molecule has 1 atom stereocenters. The third-order valence-corrected chi connectivity index (χ3v) is 6.47. The summed E-state index contributed by atoms with van der Waals surface area (Å²) in [4.78, 5) is 1.30. The van der Waals surface area contributed by atoms with E-state index in [0.717, 1.165) is 29.0 Å². The first kappa shape index (κ1) is 15.3. The van der Waals surface area contributed by atoms with Crippen LogP contribution in [-0.4, -0.2) is 17.3 Å². The predicted molar refractivity (Wildman–Crippen MR) is 97.4 cm³/mol. The molecule has 4 heteroatoms. The van der Waals surface area contributed by atoms with Crippen LogP contribution in [0.15, 0.2) is 47.4 Å². The van der Waals surface area contributed by atoms with Crippen molar-refractivity contribution < 1.29 is 4.74 Å². The molecule has 0 spiro atoms. The summed E-state index contributed by atoms with van der Waals surface area (Å²) >= 11 is 7.32. The third-order valence-electron chi connectivity index (χ3n) is 3.56. The average Bonchev–Trinajstić information content (AvgIpc) is 2.68. The molecule has 0 saturated heterocycles. The van der Waals surface area contributed by atoms with E-state index in [-0.39, 0.29) is 0 Å². The molecule has 0 saturated carbocycles. The molecule has 1 nitrogen and oxygen atoms in total. The molecule has 0 fully saturated rings. The van der Waals surface area contributed by atoms with Crippen LogP contribution in [0.25, 0.3) is 0 Å². The molecule has 1 aliphatic heterocycles. The second kappa shape index (κ2) is 7.12. The molecule has 110 valence electrons. The molecule has 0 unspecified atom stereocenters. The van der Waals surface area contributed by atoms with Gasteiger partial charge < -0.3 is 4.74 Å². The molecule has 0 amide bonds. The van der Waals surface area contributed by atoms with Gasteiger partial charge in [-0.1, -0.05) is 34.1 Å². The van der Waals surface area contributed by atoms with Gasteiger partial charge in [0.15, 0.2) is 0 Å². The van der Waals surface area contributed by atoms with Crippen LogP contribution in [-0.2, 0) is 6.42 Å². The maximum Gasteiger partial charge on any atom is 0.131 e. The van der Waals surface area contributed by atoms with Crippen molar-refractivity contribution in [3.05, 3.63) is 53.6 Å². The van der Waals surface area contributed by atoms with Gasteiger partial charge in [0.25, 0.3) is 0 Å². The van der Waals surface area contributed by atoms with Gasteiger partial charge in [0.05, 0.1) is 0 Å². The van der Waals surface area contributed by atoms with E-state index in [2.05, 4.69) is 58.6 Å². The van der Waals surface area contributed by atoms with E-state index in [9.17, 15) is 0 Å². The highest BCUT2D eigenvalue weighted by molar-refractivity contribution is 9.09. The Morgan fingerprint density at radius 3 is 2.86 bits per heavy atom. The highest BCUT2D eigenvalue weighted by atomic mass is 79.9. The van der Waals surface area contributed by atoms with E-state index in [4.69, 9.17) is 4.74 Å². The third kappa shape index (κ3) is 3.43. The zero-order chi connectivity index (χ0) is 14.7. The second-order valence-electron chi connectivity index (χ2n) is 4.87. The molecule has 0 N–H and O–H groups in total. The van der Waals surface area contributed by atoms with E-state index in [1.165, 1.54) is 16.0 Å². The SMILES string of the molecule is CSc1ccc2c(c1)[C@H](SCCBr)Cc1ccccc1O2. The van der Waals surface area contributed by atoms with Gasteiger partial charge in [0.1, 0.15) is 11.5 Å². The van der Waals surface area contributed by atoms with Crippen LogP contribution < -0.4 is 4.74 Å². The van der Waals surface area contributed by atoms with Gasteiger partial charge in [-0.25, -0.2) is 0 Å². The minimum absolute atomic E-state index is 0.452. The molecule has 21 heavy (non-hydrogen) atoms. The quantitative estimate of drug-likeness (QED) is 0.480. The Bertz CT molecular complexity index is 630. The minimum Gasteiger partial charge on any atom is -0.457 e. The monoisotopic (exact) mass is 380 g/mol. The summed E-state index contributed by atoms with van der Waals surface area (Å²) < 4.78 is 6.18. The molecular weight excluding hydrogens is 364 g/mol. The number of hydrogen-bond acceptors (Lipinski definition) is 3. The number of fused-ring (bicyclic) bond motifs is 2. The van der Waals surface area contributed by atoms with Crippen LogP contribution >= 0.6 is 39.5 Å². The van der Waals surface area contributed by atoms with Gasteiger partial charge in [0, 0.05) is 26.8 Å². The molecular formula is C17H17BrOS2. The maximum absolute atomic E-state index is 6.18. The lowest BCUT2D eigenvalue weighted by atomic mass is 10.0. The smallest absolute Gasteiger partial charge is 0.131 e. The summed E-state index contributed by atoms with van der Waals surface area (Å²) in [7, 11) is 0. The number of benzene rings is 2. The Morgan fingerprint density at radius 1 is 1.19 bits per heavy atom. The first-order valence-electron chi connectivity index (χ1n) is 6.93. The Kier molecular flexibility index (Phi) is 5.19. The Labute approximate surface area is 143 Å². The van der Waals surface area contributed by atoms with E-state index >= 15 is 0 Å². The fourth-order valence-corrected chi connectivity index (χ4v) is 4.58. The number of halogens is 1. The summed E-state index contributed by atoms with van der Waals surface area (Å²) in [5, 5.41) is 1.47. The Balaban J connectivity index is 2.03. The number of alkyl halides is 1. The molecule has 0 aromatic heterocycles. The van der Waals surface area contributed by atoms with Crippen molar-refractivity contribution in [1.29, 1.82) is 0 Å². The summed E-state index contributed by atoms with van der Waals surface area (Å²) in [5.74, 6) is 3.11. The molecule has 2 aromatic rings. The number of hydrogen-bond donors (Lipinski definition) is 0. The molecule has 0 radical (unpaired) electrons. The van der Waals surface area contributed by atoms with Crippen LogP contribution in [0.5, 0.6) is 11.5 Å². The van der Waals surface area contributed by atoms with Crippen molar-refractivity contribution in [2.24, 2.45) is 0 Å². The minimum atomic E-state index is 0.452. The fraction of sp³-hybridized carbons (Fsp3) is 0.294. The number of ether oxygens (including phenoxy) is 1. The van der Waals surface area contributed by atoms with E-state index in [1.807, 2.05) is 17.8 Å². The lowest BCUT2D eigenvalue weighted by Crippen LogP contribution is -1.99. The average molecular weight is 381 g/mol. The standard InChI is InChI=1S/C17H17BrOS2/c1-20-13-6-7-16-14(11-13)17(21-9-8-18)10-12-4-2-3-5-15(12)19-16/h2-7,11,17H,8-10H2,1H3/t17-/m1/s1. The van der Waals surface area contributed by atoms with Gasteiger partial charge in [-0.05, 0) is 42.5 Å². The predicted octanol–water partition coefficient (Wildman–Crippen LogP) is 5.93. The van der Waals surface area contributed by atoms with Crippen LogP contribution in [0.2, 0.25) is 0 Å². The van der Waals surface area contributed by atoms with E-state index < -0.39 is 0 Å². The topological polar surface area (TPSA) is 9.23 Å². The summed E-state index contributed by atoms with van der Waals surface area (Å²) in [6, 6.07) is 14.9. The highest BCUT2D eigenvalue weighted by Crippen LogP contribution is 2.45. The van der Waals surface area contributed by atoms with Gasteiger partial charge in [-0.2, -0.15) is 11.8 Å². The highest BCUT2D eigenvalue weighted by Gasteiger charge is 2.23.